The number of hydrogen-bond acceptors (Lipinski definition) is 2. The van der Waals surface area contributed by atoms with E-state index in [2.05, 4.69) is 28.2 Å². The van der Waals surface area contributed by atoms with Gasteiger partial charge in [0, 0.05) is 15.9 Å². The van der Waals surface area contributed by atoms with Crippen LogP contribution in [0.2, 0.25) is 0 Å². The molecule has 2 unspecified atom stereocenters. The van der Waals surface area contributed by atoms with E-state index >= 15 is 0 Å². The minimum absolute atomic E-state index is 0.105. The zero-order valence-electron chi connectivity index (χ0n) is 11.5. The zero-order chi connectivity index (χ0) is 14.1. The van der Waals surface area contributed by atoms with Crippen LogP contribution in [0.25, 0.3) is 11.0 Å². The summed E-state index contributed by atoms with van der Waals surface area (Å²) < 4.78 is 6.59. The van der Waals surface area contributed by atoms with Gasteiger partial charge in [0.15, 0.2) is 5.76 Å². The van der Waals surface area contributed by atoms with Crippen molar-refractivity contribution in [2.24, 2.45) is 5.92 Å². The van der Waals surface area contributed by atoms with Gasteiger partial charge in [-0.05, 0) is 37.0 Å². The summed E-state index contributed by atoms with van der Waals surface area (Å²) >= 11 is 3.48. The molecule has 1 amide bonds. The van der Waals surface area contributed by atoms with E-state index in [-0.39, 0.29) is 11.9 Å². The lowest BCUT2D eigenvalue weighted by Crippen LogP contribution is -2.40. The summed E-state index contributed by atoms with van der Waals surface area (Å²) in [6.45, 7) is 2.21. The van der Waals surface area contributed by atoms with E-state index in [4.69, 9.17) is 4.42 Å². The number of amides is 1. The molecule has 0 aliphatic heterocycles. The molecule has 1 N–H and O–H groups in total. The fraction of sp³-hybridized carbons (Fsp3) is 0.438. The predicted molar refractivity (Wildman–Crippen MR) is 82.8 cm³/mol. The maximum absolute atomic E-state index is 12.3. The first-order valence-electron chi connectivity index (χ1n) is 7.14. The fourth-order valence-corrected chi connectivity index (χ4v) is 3.37. The number of carbonyl (C=O) groups excluding carboxylic acids is 1. The van der Waals surface area contributed by atoms with Gasteiger partial charge in [-0.15, -0.1) is 0 Å². The lowest BCUT2D eigenvalue weighted by molar-refractivity contribution is 0.0884. The topological polar surface area (TPSA) is 42.2 Å². The molecule has 1 fully saturated rings. The molecule has 1 aliphatic carbocycles. The Bertz CT molecular complexity index is 634. The van der Waals surface area contributed by atoms with Gasteiger partial charge in [0.25, 0.3) is 5.91 Å². The molecule has 2 aromatic rings. The van der Waals surface area contributed by atoms with Gasteiger partial charge in [0.2, 0.25) is 0 Å². The molecular formula is C16H18BrNO2. The third kappa shape index (κ3) is 2.62. The van der Waals surface area contributed by atoms with Crippen molar-refractivity contribution >= 4 is 32.8 Å². The number of halogens is 1. The van der Waals surface area contributed by atoms with Crippen LogP contribution < -0.4 is 5.32 Å². The second kappa shape index (κ2) is 5.60. The average molecular weight is 336 g/mol. The van der Waals surface area contributed by atoms with E-state index in [0.29, 0.717) is 11.7 Å². The highest BCUT2D eigenvalue weighted by Gasteiger charge is 2.24. The molecule has 2 atom stereocenters. The molecule has 3 nitrogen and oxygen atoms in total. The SMILES string of the molecule is CC1CCCCC1NC(=O)c1cc2c(Br)cccc2o1. The van der Waals surface area contributed by atoms with Crippen LogP contribution in [-0.2, 0) is 0 Å². The minimum Gasteiger partial charge on any atom is -0.451 e. The number of benzene rings is 1. The van der Waals surface area contributed by atoms with Gasteiger partial charge in [-0.1, -0.05) is 41.8 Å². The molecule has 3 rings (SSSR count). The van der Waals surface area contributed by atoms with Crippen molar-refractivity contribution in [1.29, 1.82) is 0 Å². The number of carbonyl (C=O) groups is 1. The molecule has 0 spiro atoms. The van der Waals surface area contributed by atoms with E-state index in [9.17, 15) is 4.79 Å². The van der Waals surface area contributed by atoms with Crippen LogP contribution >= 0.6 is 15.9 Å². The van der Waals surface area contributed by atoms with Crippen LogP contribution in [-0.4, -0.2) is 11.9 Å². The highest BCUT2D eigenvalue weighted by Crippen LogP contribution is 2.28. The first-order chi connectivity index (χ1) is 9.65. The van der Waals surface area contributed by atoms with E-state index in [1.807, 2.05) is 24.3 Å². The van der Waals surface area contributed by atoms with Crippen LogP contribution in [0.1, 0.15) is 43.2 Å². The highest BCUT2D eigenvalue weighted by atomic mass is 79.9. The summed E-state index contributed by atoms with van der Waals surface area (Å²) in [6.07, 6.45) is 4.72. The molecule has 0 bridgehead atoms. The van der Waals surface area contributed by atoms with E-state index in [0.717, 1.165) is 21.9 Å². The van der Waals surface area contributed by atoms with Gasteiger partial charge in [-0.25, -0.2) is 0 Å². The predicted octanol–water partition coefficient (Wildman–Crippen LogP) is 4.50. The molecule has 106 valence electrons. The van der Waals surface area contributed by atoms with E-state index < -0.39 is 0 Å². The lowest BCUT2D eigenvalue weighted by atomic mass is 9.86. The first-order valence-corrected chi connectivity index (χ1v) is 7.93. The number of nitrogens with one attached hydrogen (secondary N) is 1. The molecule has 1 heterocycles. The summed E-state index contributed by atoms with van der Waals surface area (Å²) in [7, 11) is 0. The Hall–Kier alpha value is -1.29. The van der Waals surface area contributed by atoms with Crippen molar-refractivity contribution < 1.29 is 9.21 Å². The third-order valence-corrected chi connectivity index (χ3v) is 4.85. The smallest absolute Gasteiger partial charge is 0.287 e. The van der Waals surface area contributed by atoms with E-state index in [1.165, 1.54) is 19.3 Å². The van der Waals surface area contributed by atoms with Crippen molar-refractivity contribution in [3.8, 4) is 0 Å². The van der Waals surface area contributed by atoms with Gasteiger partial charge >= 0.3 is 0 Å². The molecule has 1 aromatic heterocycles. The van der Waals surface area contributed by atoms with Crippen molar-refractivity contribution in [2.45, 2.75) is 38.6 Å². The minimum atomic E-state index is -0.105. The Labute approximate surface area is 126 Å². The summed E-state index contributed by atoms with van der Waals surface area (Å²) in [5.74, 6) is 0.834. The monoisotopic (exact) mass is 335 g/mol. The summed E-state index contributed by atoms with van der Waals surface area (Å²) in [6, 6.07) is 7.80. The van der Waals surface area contributed by atoms with Crippen molar-refractivity contribution in [3.05, 3.63) is 34.5 Å². The van der Waals surface area contributed by atoms with Crippen LogP contribution in [0.15, 0.2) is 33.2 Å². The zero-order valence-corrected chi connectivity index (χ0v) is 13.1. The second-order valence-electron chi connectivity index (χ2n) is 5.60. The molecule has 0 radical (unpaired) electrons. The Kier molecular flexibility index (Phi) is 3.83. The van der Waals surface area contributed by atoms with Crippen LogP contribution in [0.5, 0.6) is 0 Å². The number of furan rings is 1. The highest BCUT2D eigenvalue weighted by molar-refractivity contribution is 9.10. The molecule has 1 aliphatic rings. The summed E-state index contributed by atoms with van der Waals surface area (Å²) in [4.78, 5) is 12.3. The Balaban J connectivity index is 1.80. The third-order valence-electron chi connectivity index (χ3n) is 4.16. The summed E-state index contributed by atoms with van der Waals surface area (Å²) in [5, 5.41) is 4.06. The van der Waals surface area contributed by atoms with Crippen molar-refractivity contribution in [3.63, 3.8) is 0 Å². The molecule has 0 saturated heterocycles. The molecule has 1 saturated carbocycles. The molecular weight excluding hydrogens is 318 g/mol. The van der Waals surface area contributed by atoms with Gasteiger partial charge < -0.3 is 9.73 Å². The lowest BCUT2D eigenvalue weighted by Gasteiger charge is -2.29. The van der Waals surface area contributed by atoms with Crippen LogP contribution in [0.3, 0.4) is 0 Å². The molecule has 4 heteroatoms. The number of rotatable bonds is 2. The Morgan fingerprint density at radius 3 is 2.90 bits per heavy atom. The van der Waals surface area contributed by atoms with Crippen LogP contribution in [0.4, 0.5) is 0 Å². The van der Waals surface area contributed by atoms with Gasteiger partial charge in [-0.2, -0.15) is 0 Å². The maximum atomic E-state index is 12.3. The fourth-order valence-electron chi connectivity index (χ4n) is 2.91. The standard InChI is InChI=1S/C16H18BrNO2/c1-10-5-2-3-7-13(10)18-16(19)15-9-11-12(17)6-4-8-14(11)20-15/h4,6,8-10,13H,2-3,5,7H2,1H3,(H,18,19). The van der Waals surface area contributed by atoms with Crippen molar-refractivity contribution in [2.75, 3.05) is 0 Å². The Morgan fingerprint density at radius 1 is 1.35 bits per heavy atom. The number of hydrogen-bond donors (Lipinski definition) is 1. The quantitative estimate of drug-likeness (QED) is 0.877. The van der Waals surface area contributed by atoms with Crippen molar-refractivity contribution in [1.82, 2.24) is 5.32 Å². The average Bonchev–Trinajstić information content (AvgIpc) is 2.87. The first kappa shape index (κ1) is 13.7. The van der Waals surface area contributed by atoms with Gasteiger partial charge in [0.05, 0.1) is 0 Å². The molecule has 1 aromatic carbocycles. The maximum Gasteiger partial charge on any atom is 0.287 e. The summed E-state index contributed by atoms with van der Waals surface area (Å²) in [5.41, 5.74) is 0.737. The van der Waals surface area contributed by atoms with Crippen LogP contribution in [0, 0.1) is 5.92 Å². The molecule has 20 heavy (non-hydrogen) atoms. The van der Waals surface area contributed by atoms with Gasteiger partial charge in [0.1, 0.15) is 5.58 Å². The Morgan fingerprint density at radius 2 is 2.15 bits per heavy atom. The van der Waals surface area contributed by atoms with E-state index in [1.54, 1.807) is 0 Å². The van der Waals surface area contributed by atoms with Gasteiger partial charge in [-0.3, -0.25) is 4.79 Å². The normalized spacial score (nSPS) is 22.9. The largest absolute Gasteiger partial charge is 0.451 e. The number of fused-ring (bicyclic) bond motifs is 1. The second-order valence-corrected chi connectivity index (χ2v) is 6.46.